The van der Waals surface area contributed by atoms with Gasteiger partial charge in [-0.15, -0.1) is 0 Å². The van der Waals surface area contributed by atoms with Gasteiger partial charge < -0.3 is 19.9 Å². The van der Waals surface area contributed by atoms with E-state index >= 15 is 0 Å². The van der Waals surface area contributed by atoms with Gasteiger partial charge >= 0.3 is 6.18 Å². The number of anilines is 3. The van der Waals surface area contributed by atoms with Crippen LogP contribution in [0.4, 0.5) is 30.8 Å². The van der Waals surface area contributed by atoms with Crippen LogP contribution >= 0.6 is 0 Å². The molecule has 2 aromatic rings. The third kappa shape index (κ3) is 4.94. The molecular weight excluding hydrogens is 449 g/mol. The molecule has 1 amide bonds. The number of halogens is 3. The highest BCUT2D eigenvalue weighted by atomic mass is 19.4. The molecule has 0 aliphatic carbocycles. The van der Waals surface area contributed by atoms with Gasteiger partial charge in [0.15, 0.2) is 0 Å². The first-order chi connectivity index (χ1) is 16.2. The van der Waals surface area contributed by atoms with Crippen molar-refractivity contribution in [3.8, 4) is 0 Å². The SMILES string of the molecule is CC(=O)N1CCCC(c2cc(Nc3cc(C(F)(F)F)ccn3)nc(N3CC4CCC(C3)O4)n2)C1. The van der Waals surface area contributed by atoms with Crippen LogP contribution in [0.1, 0.15) is 49.8 Å². The number of amides is 1. The maximum absolute atomic E-state index is 13.2. The quantitative estimate of drug-likeness (QED) is 0.720. The molecule has 3 atom stereocenters. The number of likely N-dealkylation sites (tertiary alicyclic amines) is 1. The highest BCUT2D eigenvalue weighted by Gasteiger charge is 2.35. The molecule has 1 N–H and O–H groups in total. The summed E-state index contributed by atoms with van der Waals surface area (Å²) in [5.74, 6) is 1.00. The average molecular weight is 477 g/mol. The van der Waals surface area contributed by atoms with E-state index in [2.05, 4.69) is 20.2 Å². The number of alkyl halides is 3. The number of morpholine rings is 1. The zero-order valence-electron chi connectivity index (χ0n) is 18.9. The number of rotatable bonds is 4. The van der Waals surface area contributed by atoms with Crippen LogP contribution in [-0.2, 0) is 15.7 Å². The summed E-state index contributed by atoms with van der Waals surface area (Å²) in [6, 6.07) is 3.66. The molecule has 2 aromatic heterocycles. The van der Waals surface area contributed by atoms with Gasteiger partial charge in [-0.1, -0.05) is 0 Å². The topological polar surface area (TPSA) is 83.5 Å². The Morgan fingerprint density at radius 1 is 1.09 bits per heavy atom. The van der Waals surface area contributed by atoms with E-state index in [9.17, 15) is 18.0 Å². The van der Waals surface area contributed by atoms with Crippen molar-refractivity contribution in [2.75, 3.05) is 36.4 Å². The van der Waals surface area contributed by atoms with E-state index in [1.807, 2.05) is 4.90 Å². The Morgan fingerprint density at radius 3 is 2.56 bits per heavy atom. The van der Waals surface area contributed by atoms with Crippen molar-refractivity contribution in [1.29, 1.82) is 0 Å². The van der Waals surface area contributed by atoms with Gasteiger partial charge in [-0.25, -0.2) is 9.97 Å². The van der Waals surface area contributed by atoms with Crippen molar-refractivity contribution in [3.63, 3.8) is 0 Å². The van der Waals surface area contributed by atoms with Crippen LogP contribution in [0.2, 0.25) is 0 Å². The normalized spacial score (nSPS) is 24.9. The van der Waals surface area contributed by atoms with Crippen molar-refractivity contribution in [2.45, 2.75) is 56.9 Å². The molecule has 3 aliphatic heterocycles. The molecule has 0 spiro atoms. The molecule has 3 fully saturated rings. The number of carbonyl (C=O) groups excluding carboxylic acids is 1. The fraction of sp³-hybridized carbons (Fsp3) is 0.565. The monoisotopic (exact) mass is 476 g/mol. The molecule has 5 rings (SSSR count). The van der Waals surface area contributed by atoms with Crippen LogP contribution in [-0.4, -0.2) is 64.1 Å². The van der Waals surface area contributed by atoms with E-state index in [0.717, 1.165) is 56.3 Å². The number of nitrogens with zero attached hydrogens (tertiary/aromatic N) is 5. The minimum Gasteiger partial charge on any atom is -0.371 e. The van der Waals surface area contributed by atoms with E-state index in [4.69, 9.17) is 9.72 Å². The molecule has 2 bridgehead atoms. The van der Waals surface area contributed by atoms with Crippen LogP contribution in [0, 0.1) is 0 Å². The lowest BCUT2D eigenvalue weighted by Gasteiger charge is -2.34. The van der Waals surface area contributed by atoms with Gasteiger partial charge in [-0.2, -0.15) is 18.2 Å². The Hall–Kier alpha value is -2.95. The number of ether oxygens (including phenoxy) is 1. The molecule has 8 nitrogen and oxygen atoms in total. The molecule has 0 saturated carbocycles. The first-order valence-electron chi connectivity index (χ1n) is 11.6. The maximum atomic E-state index is 13.2. The number of hydrogen-bond donors (Lipinski definition) is 1. The van der Waals surface area contributed by atoms with E-state index in [-0.39, 0.29) is 29.9 Å². The summed E-state index contributed by atoms with van der Waals surface area (Å²) in [6.45, 7) is 4.18. The zero-order chi connectivity index (χ0) is 23.9. The molecule has 3 aliphatic rings. The van der Waals surface area contributed by atoms with E-state index < -0.39 is 11.7 Å². The first-order valence-corrected chi connectivity index (χ1v) is 11.6. The van der Waals surface area contributed by atoms with Crippen LogP contribution in [0.15, 0.2) is 24.4 Å². The molecule has 11 heteroatoms. The number of hydrogen-bond acceptors (Lipinski definition) is 7. The number of carbonyl (C=O) groups is 1. The minimum atomic E-state index is -4.47. The molecule has 3 saturated heterocycles. The molecule has 0 radical (unpaired) electrons. The predicted molar refractivity (Wildman–Crippen MR) is 119 cm³/mol. The van der Waals surface area contributed by atoms with Crippen LogP contribution in [0.5, 0.6) is 0 Å². The highest BCUT2D eigenvalue weighted by molar-refractivity contribution is 5.73. The predicted octanol–water partition coefficient (Wildman–Crippen LogP) is 3.73. The second-order valence-electron chi connectivity index (χ2n) is 9.20. The first kappa shape index (κ1) is 22.8. The third-order valence-corrected chi connectivity index (χ3v) is 6.69. The maximum Gasteiger partial charge on any atom is 0.416 e. The van der Waals surface area contributed by atoms with Gasteiger partial charge in [-0.05, 0) is 37.8 Å². The molecule has 5 heterocycles. The number of aromatic nitrogens is 3. The number of fused-ring (bicyclic) bond motifs is 2. The van der Waals surface area contributed by atoms with Gasteiger partial charge in [0.2, 0.25) is 11.9 Å². The zero-order valence-corrected chi connectivity index (χ0v) is 18.9. The summed E-state index contributed by atoms with van der Waals surface area (Å²) in [5, 5.41) is 2.95. The van der Waals surface area contributed by atoms with Gasteiger partial charge in [0.25, 0.3) is 0 Å². The van der Waals surface area contributed by atoms with E-state index in [1.165, 1.54) is 0 Å². The Bertz CT molecular complexity index is 1050. The Balaban J connectivity index is 1.47. The van der Waals surface area contributed by atoms with Crippen molar-refractivity contribution < 1.29 is 22.7 Å². The largest absolute Gasteiger partial charge is 0.416 e. The third-order valence-electron chi connectivity index (χ3n) is 6.69. The lowest BCUT2D eigenvalue weighted by atomic mass is 9.94. The van der Waals surface area contributed by atoms with Gasteiger partial charge in [-0.3, -0.25) is 4.79 Å². The number of nitrogens with one attached hydrogen (secondary N) is 1. The van der Waals surface area contributed by atoms with Crippen molar-refractivity contribution >= 4 is 23.5 Å². The molecular formula is C23H27F3N6O2. The van der Waals surface area contributed by atoms with E-state index in [1.54, 1.807) is 13.0 Å². The van der Waals surface area contributed by atoms with E-state index in [0.29, 0.717) is 31.4 Å². The smallest absolute Gasteiger partial charge is 0.371 e. The fourth-order valence-corrected chi connectivity index (χ4v) is 4.96. The second kappa shape index (κ2) is 9.01. The summed E-state index contributed by atoms with van der Waals surface area (Å²) in [6.07, 6.45) is 0.656. The lowest BCUT2D eigenvalue weighted by Crippen LogP contribution is -2.43. The number of piperidine rings is 1. The summed E-state index contributed by atoms with van der Waals surface area (Å²) < 4.78 is 45.4. The molecule has 0 aromatic carbocycles. The Labute approximate surface area is 195 Å². The average Bonchev–Trinajstić information content (AvgIpc) is 3.16. The number of pyridine rings is 1. The lowest BCUT2D eigenvalue weighted by molar-refractivity contribution is -0.137. The van der Waals surface area contributed by atoms with Crippen molar-refractivity contribution in [2.24, 2.45) is 0 Å². The molecule has 3 unspecified atom stereocenters. The van der Waals surface area contributed by atoms with Crippen LogP contribution in [0.25, 0.3) is 0 Å². The second-order valence-corrected chi connectivity index (χ2v) is 9.20. The molecule has 182 valence electrons. The summed E-state index contributed by atoms with van der Waals surface area (Å²) in [7, 11) is 0. The molecule has 34 heavy (non-hydrogen) atoms. The van der Waals surface area contributed by atoms with Gasteiger partial charge in [0, 0.05) is 51.3 Å². The summed E-state index contributed by atoms with van der Waals surface area (Å²) in [4.78, 5) is 29.4. The summed E-state index contributed by atoms with van der Waals surface area (Å²) >= 11 is 0. The van der Waals surface area contributed by atoms with Gasteiger partial charge in [0.05, 0.1) is 23.5 Å². The van der Waals surface area contributed by atoms with Crippen molar-refractivity contribution in [1.82, 2.24) is 19.9 Å². The standard InChI is InChI=1S/C23H27F3N6O2/c1-14(33)31-8-2-3-15(11-31)19-10-21(29-20-9-16(6-7-27-20)23(24,25)26)30-22(28-19)32-12-17-4-5-18(13-32)34-17/h6-7,9-10,15,17-18H,2-5,8,11-13H2,1H3,(H,27,28,29,30). The van der Waals surface area contributed by atoms with Crippen LogP contribution < -0.4 is 10.2 Å². The fourth-order valence-electron chi connectivity index (χ4n) is 4.96. The summed E-state index contributed by atoms with van der Waals surface area (Å²) in [5.41, 5.74) is -0.0158. The highest BCUT2D eigenvalue weighted by Crippen LogP contribution is 2.33. The van der Waals surface area contributed by atoms with Gasteiger partial charge in [0.1, 0.15) is 11.6 Å². The van der Waals surface area contributed by atoms with Crippen LogP contribution in [0.3, 0.4) is 0 Å². The van der Waals surface area contributed by atoms with Crippen molar-refractivity contribution in [3.05, 3.63) is 35.7 Å². The Kier molecular flexibility index (Phi) is 6.05. The minimum absolute atomic E-state index is 0.0205. The Morgan fingerprint density at radius 2 is 1.85 bits per heavy atom.